The lowest BCUT2D eigenvalue weighted by molar-refractivity contribution is -0.133. The first kappa shape index (κ1) is 12.4. The van der Waals surface area contributed by atoms with Crippen LogP contribution in [0.4, 0.5) is 10.8 Å². The Morgan fingerprint density at radius 1 is 1.42 bits per heavy atom. The number of anilines is 2. The van der Waals surface area contributed by atoms with Crippen molar-refractivity contribution in [3.05, 3.63) is 29.8 Å². The third-order valence-electron chi connectivity index (χ3n) is 2.83. The van der Waals surface area contributed by atoms with Crippen LogP contribution in [0, 0.1) is 0 Å². The van der Waals surface area contributed by atoms with Crippen molar-refractivity contribution >= 4 is 39.9 Å². The molecule has 0 fully saturated rings. The van der Waals surface area contributed by atoms with Crippen LogP contribution in [0.5, 0.6) is 0 Å². The van der Waals surface area contributed by atoms with Gasteiger partial charge in [-0.25, -0.2) is 0 Å². The van der Waals surface area contributed by atoms with Gasteiger partial charge in [0.05, 0.1) is 5.75 Å². The van der Waals surface area contributed by atoms with E-state index in [0.29, 0.717) is 4.34 Å². The normalized spacial score (nSPS) is 13.6. The van der Waals surface area contributed by atoms with Gasteiger partial charge in [-0.05, 0) is 18.1 Å². The molecule has 2 aromatic rings. The zero-order valence-electron chi connectivity index (χ0n) is 9.94. The van der Waals surface area contributed by atoms with Gasteiger partial charge in [-0.15, -0.1) is 10.2 Å². The average Bonchev–Trinajstić information content (AvgIpc) is 3.02. The molecule has 0 bridgehead atoms. The van der Waals surface area contributed by atoms with Gasteiger partial charge in [0.25, 0.3) is 0 Å². The highest BCUT2D eigenvalue weighted by atomic mass is 32.2. The van der Waals surface area contributed by atoms with E-state index in [1.54, 1.807) is 0 Å². The molecule has 0 saturated carbocycles. The fourth-order valence-electron chi connectivity index (χ4n) is 2.03. The predicted octanol–water partition coefficient (Wildman–Crippen LogP) is 2.41. The minimum Gasteiger partial charge on any atom is -0.481 e. The molecule has 2 heterocycles. The minimum atomic E-state index is -0.840. The molecular weight excluding hydrogens is 282 g/mol. The molecule has 1 aromatic heterocycles. The predicted molar refractivity (Wildman–Crippen MR) is 75.4 cm³/mol. The number of carbonyl (C=O) groups is 1. The molecule has 0 radical (unpaired) electrons. The second-order valence-electron chi connectivity index (χ2n) is 4.06. The largest absolute Gasteiger partial charge is 0.481 e. The summed E-state index contributed by atoms with van der Waals surface area (Å²) >= 11 is 2.65. The van der Waals surface area contributed by atoms with E-state index in [1.165, 1.54) is 34.3 Å². The molecule has 0 atom stereocenters. The Labute approximate surface area is 118 Å². The van der Waals surface area contributed by atoms with Crippen LogP contribution in [-0.4, -0.2) is 33.6 Å². The number of aliphatic carboxylic acids is 1. The van der Waals surface area contributed by atoms with Gasteiger partial charge >= 0.3 is 5.97 Å². The Kier molecular flexibility index (Phi) is 3.39. The van der Waals surface area contributed by atoms with Crippen LogP contribution in [0.25, 0.3) is 0 Å². The molecule has 98 valence electrons. The monoisotopic (exact) mass is 293 g/mol. The highest BCUT2D eigenvalue weighted by molar-refractivity contribution is 8.01. The number of aromatic nitrogens is 2. The Hall–Kier alpha value is -1.60. The van der Waals surface area contributed by atoms with Gasteiger partial charge in [-0.3, -0.25) is 4.79 Å². The van der Waals surface area contributed by atoms with Crippen molar-refractivity contribution in [2.75, 3.05) is 17.2 Å². The SMILES string of the molecule is O=C(O)CSc1nnc(N2CCc3ccccc32)s1. The molecule has 0 aliphatic carbocycles. The number of carboxylic acids is 1. The van der Waals surface area contributed by atoms with Crippen molar-refractivity contribution < 1.29 is 9.90 Å². The Bertz CT molecular complexity index is 615. The van der Waals surface area contributed by atoms with Crippen molar-refractivity contribution in [3.63, 3.8) is 0 Å². The molecule has 3 rings (SSSR count). The third-order valence-corrected chi connectivity index (χ3v) is 4.90. The standard InChI is InChI=1S/C12H11N3O2S2/c16-10(17)7-18-12-14-13-11(19-12)15-6-5-8-3-1-2-4-9(8)15/h1-4H,5-7H2,(H,16,17). The maximum absolute atomic E-state index is 10.5. The summed E-state index contributed by atoms with van der Waals surface area (Å²) in [5.74, 6) is -0.820. The summed E-state index contributed by atoms with van der Waals surface area (Å²) in [4.78, 5) is 12.7. The van der Waals surface area contributed by atoms with Gasteiger partial charge in [0.15, 0.2) is 4.34 Å². The molecule has 5 nitrogen and oxygen atoms in total. The number of carboxylic acid groups (broad SMARTS) is 1. The summed E-state index contributed by atoms with van der Waals surface area (Å²) in [6, 6.07) is 8.25. The molecule has 0 saturated heterocycles. The number of benzene rings is 1. The van der Waals surface area contributed by atoms with Crippen molar-refractivity contribution in [2.24, 2.45) is 0 Å². The van der Waals surface area contributed by atoms with E-state index < -0.39 is 5.97 Å². The topological polar surface area (TPSA) is 66.3 Å². The van der Waals surface area contributed by atoms with Gasteiger partial charge in [0.1, 0.15) is 0 Å². The van der Waals surface area contributed by atoms with E-state index in [1.807, 2.05) is 12.1 Å². The van der Waals surface area contributed by atoms with Crippen LogP contribution in [0.15, 0.2) is 28.6 Å². The minimum absolute atomic E-state index is 0.0191. The van der Waals surface area contributed by atoms with Crippen molar-refractivity contribution in [3.8, 4) is 0 Å². The van der Waals surface area contributed by atoms with Crippen LogP contribution in [0.2, 0.25) is 0 Å². The zero-order valence-corrected chi connectivity index (χ0v) is 11.6. The zero-order chi connectivity index (χ0) is 13.2. The maximum atomic E-state index is 10.5. The van der Waals surface area contributed by atoms with Gasteiger partial charge in [0.2, 0.25) is 5.13 Å². The lowest BCUT2D eigenvalue weighted by Crippen LogP contribution is -2.12. The van der Waals surface area contributed by atoms with E-state index in [4.69, 9.17) is 5.11 Å². The first-order valence-electron chi connectivity index (χ1n) is 5.77. The molecule has 0 unspecified atom stereocenters. The first-order valence-corrected chi connectivity index (χ1v) is 7.58. The number of para-hydroxylation sites is 1. The number of fused-ring (bicyclic) bond motifs is 1. The third kappa shape index (κ3) is 2.57. The van der Waals surface area contributed by atoms with Crippen LogP contribution >= 0.6 is 23.1 Å². The van der Waals surface area contributed by atoms with E-state index >= 15 is 0 Å². The Morgan fingerprint density at radius 2 is 2.26 bits per heavy atom. The molecule has 7 heteroatoms. The fraction of sp³-hybridized carbons (Fsp3) is 0.250. The molecule has 1 aromatic carbocycles. The van der Waals surface area contributed by atoms with Crippen molar-refractivity contribution in [1.82, 2.24) is 10.2 Å². The highest BCUT2D eigenvalue weighted by Crippen LogP contribution is 2.37. The van der Waals surface area contributed by atoms with Gasteiger partial charge in [0, 0.05) is 12.2 Å². The first-order chi connectivity index (χ1) is 9.24. The summed E-state index contributed by atoms with van der Waals surface area (Å²) in [7, 11) is 0. The molecule has 0 amide bonds. The Morgan fingerprint density at radius 3 is 3.11 bits per heavy atom. The van der Waals surface area contributed by atoms with E-state index in [-0.39, 0.29) is 5.75 Å². The summed E-state index contributed by atoms with van der Waals surface area (Å²) < 4.78 is 0.696. The van der Waals surface area contributed by atoms with E-state index in [0.717, 1.165) is 18.1 Å². The molecular formula is C12H11N3O2S2. The van der Waals surface area contributed by atoms with Crippen LogP contribution in [0.3, 0.4) is 0 Å². The number of nitrogens with zero attached hydrogens (tertiary/aromatic N) is 3. The van der Waals surface area contributed by atoms with Crippen molar-refractivity contribution in [2.45, 2.75) is 10.8 Å². The van der Waals surface area contributed by atoms with Crippen LogP contribution < -0.4 is 4.90 Å². The second kappa shape index (κ2) is 5.18. The summed E-state index contributed by atoms with van der Waals surface area (Å²) in [5, 5.41) is 17.7. The maximum Gasteiger partial charge on any atom is 0.313 e. The molecule has 1 aliphatic heterocycles. The van der Waals surface area contributed by atoms with Gasteiger partial charge in [-0.2, -0.15) is 0 Å². The summed E-state index contributed by atoms with van der Waals surface area (Å²) in [6.45, 7) is 0.900. The lowest BCUT2D eigenvalue weighted by Gasteiger charge is -2.14. The molecule has 0 spiro atoms. The van der Waals surface area contributed by atoms with Gasteiger partial charge in [-0.1, -0.05) is 41.3 Å². The quantitative estimate of drug-likeness (QED) is 0.873. The number of thioether (sulfide) groups is 1. The fourth-order valence-corrected chi connectivity index (χ4v) is 3.63. The average molecular weight is 293 g/mol. The van der Waals surface area contributed by atoms with E-state index in [9.17, 15) is 4.79 Å². The van der Waals surface area contributed by atoms with Crippen LogP contribution in [-0.2, 0) is 11.2 Å². The lowest BCUT2D eigenvalue weighted by atomic mass is 10.2. The molecule has 19 heavy (non-hydrogen) atoms. The second-order valence-corrected chi connectivity index (χ2v) is 6.24. The number of hydrogen-bond acceptors (Lipinski definition) is 6. The smallest absolute Gasteiger partial charge is 0.313 e. The van der Waals surface area contributed by atoms with E-state index in [2.05, 4.69) is 27.2 Å². The summed E-state index contributed by atoms with van der Waals surface area (Å²) in [5.41, 5.74) is 2.49. The number of rotatable bonds is 4. The summed E-state index contributed by atoms with van der Waals surface area (Å²) in [6.07, 6.45) is 1.01. The molecule has 1 N–H and O–H groups in total. The van der Waals surface area contributed by atoms with Gasteiger partial charge < -0.3 is 10.0 Å². The highest BCUT2D eigenvalue weighted by Gasteiger charge is 2.22. The number of hydrogen-bond donors (Lipinski definition) is 1. The Balaban J connectivity index is 1.79. The van der Waals surface area contributed by atoms with Crippen molar-refractivity contribution in [1.29, 1.82) is 0 Å². The molecule has 1 aliphatic rings. The van der Waals surface area contributed by atoms with Crippen LogP contribution in [0.1, 0.15) is 5.56 Å².